The van der Waals surface area contributed by atoms with Gasteiger partial charge in [0.15, 0.2) is 0 Å². The van der Waals surface area contributed by atoms with Crippen molar-refractivity contribution in [3.8, 4) is 11.3 Å². The Labute approximate surface area is 116 Å². The second-order valence-corrected chi connectivity index (χ2v) is 4.75. The molecule has 2 aromatic rings. The summed E-state index contributed by atoms with van der Waals surface area (Å²) in [6.07, 6.45) is 0.586. The third kappa shape index (κ3) is 2.76. The number of benzene rings is 1. The van der Waals surface area contributed by atoms with E-state index in [2.05, 4.69) is 4.98 Å². The molecule has 0 bridgehead atoms. The number of aromatic nitrogens is 1. The molecule has 0 unspecified atom stereocenters. The first-order valence-electron chi connectivity index (χ1n) is 6.02. The van der Waals surface area contributed by atoms with Crippen molar-refractivity contribution in [2.24, 2.45) is 0 Å². The first-order chi connectivity index (χ1) is 9.02. The van der Waals surface area contributed by atoms with Crippen molar-refractivity contribution < 1.29 is 9.90 Å². The van der Waals surface area contributed by atoms with E-state index in [9.17, 15) is 4.79 Å². The maximum Gasteiger partial charge on any atom is 0.337 e. The van der Waals surface area contributed by atoms with Gasteiger partial charge in [-0.2, -0.15) is 0 Å². The summed E-state index contributed by atoms with van der Waals surface area (Å²) in [6, 6.07) is 9.05. The quantitative estimate of drug-likeness (QED) is 0.922. The van der Waals surface area contributed by atoms with Gasteiger partial charge in [-0.1, -0.05) is 30.7 Å². The van der Waals surface area contributed by atoms with Crippen LogP contribution in [0.15, 0.2) is 30.3 Å². The summed E-state index contributed by atoms with van der Waals surface area (Å²) < 4.78 is 0. The molecule has 3 nitrogen and oxygen atoms in total. The van der Waals surface area contributed by atoms with Crippen LogP contribution in [0.3, 0.4) is 0 Å². The van der Waals surface area contributed by atoms with Crippen LogP contribution in [0.25, 0.3) is 11.3 Å². The number of hydrogen-bond donors (Lipinski definition) is 1. The molecule has 1 aromatic carbocycles. The van der Waals surface area contributed by atoms with E-state index in [1.54, 1.807) is 18.2 Å². The summed E-state index contributed by atoms with van der Waals surface area (Å²) in [5, 5.41) is 9.83. The van der Waals surface area contributed by atoms with E-state index < -0.39 is 5.97 Å². The van der Waals surface area contributed by atoms with Crippen molar-refractivity contribution in [2.75, 3.05) is 0 Å². The van der Waals surface area contributed by atoms with Crippen molar-refractivity contribution in [2.45, 2.75) is 20.3 Å². The van der Waals surface area contributed by atoms with Crippen LogP contribution in [-0.4, -0.2) is 16.1 Å². The highest BCUT2D eigenvalue weighted by atomic mass is 35.5. The molecule has 0 spiro atoms. The highest BCUT2D eigenvalue weighted by Gasteiger charge is 2.14. The Bertz CT molecular complexity index is 621. The zero-order valence-corrected chi connectivity index (χ0v) is 11.5. The number of halogens is 1. The van der Waals surface area contributed by atoms with Gasteiger partial charge >= 0.3 is 5.97 Å². The topological polar surface area (TPSA) is 50.2 Å². The standard InChI is InChI=1S/C15H14ClNO2/c1-3-13-12(15(18)19)8-9(2)14(17-13)10-4-6-11(16)7-5-10/h4-8H,3H2,1-2H3,(H,18,19). The maximum absolute atomic E-state index is 11.2. The molecule has 0 amide bonds. The van der Waals surface area contributed by atoms with Gasteiger partial charge in [-0.25, -0.2) is 4.79 Å². The average Bonchev–Trinajstić information content (AvgIpc) is 2.39. The summed E-state index contributed by atoms with van der Waals surface area (Å²) in [5.74, 6) is -0.935. The number of nitrogens with zero attached hydrogens (tertiary/aromatic N) is 1. The monoisotopic (exact) mass is 275 g/mol. The van der Waals surface area contributed by atoms with Gasteiger partial charge in [-0.05, 0) is 37.1 Å². The minimum Gasteiger partial charge on any atom is -0.478 e. The number of pyridine rings is 1. The first-order valence-corrected chi connectivity index (χ1v) is 6.40. The largest absolute Gasteiger partial charge is 0.478 e. The molecule has 1 heterocycles. The van der Waals surface area contributed by atoms with Gasteiger partial charge in [-0.3, -0.25) is 4.98 Å². The highest BCUT2D eigenvalue weighted by molar-refractivity contribution is 6.30. The molecule has 0 saturated carbocycles. The van der Waals surface area contributed by atoms with Crippen molar-refractivity contribution in [1.82, 2.24) is 4.98 Å². The molecule has 0 radical (unpaired) electrons. The fraction of sp³-hybridized carbons (Fsp3) is 0.200. The third-order valence-electron chi connectivity index (χ3n) is 2.97. The number of hydrogen-bond acceptors (Lipinski definition) is 2. The van der Waals surface area contributed by atoms with Crippen molar-refractivity contribution >= 4 is 17.6 Å². The lowest BCUT2D eigenvalue weighted by Crippen LogP contribution is -2.06. The number of carboxylic acids is 1. The van der Waals surface area contributed by atoms with E-state index in [4.69, 9.17) is 16.7 Å². The Kier molecular flexibility index (Phi) is 3.86. The van der Waals surface area contributed by atoms with Crippen LogP contribution in [0.5, 0.6) is 0 Å². The predicted molar refractivity (Wildman–Crippen MR) is 75.8 cm³/mol. The molecule has 0 aliphatic carbocycles. The molecule has 2 rings (SSSR count). The lowest BCUT2D eigenvalue weighted by molar-refractivity contribution is 0.0695. The number of carbonyl (C=O) groups is 1. The molecule has 4 heteroatoms. The second-order valence-electron chi connectivity index (χ2n) is 4.31. The molecule has 0 aliphatic rings. The normalized spacial score (nSPS) is 10.5. The molecule has 0 atom stereocenters. The minimum atomic E-state index is -0.935. The molecule has 0 aliphatic heterocycles. The number of carboxylic acid groups (broad SMARTS) is 1. The molecule has 0 fully saturated rings. The fourth-order valence-corrected chi connectivity index (χ4v) is 2.13. The Morgan fingerprint density at radius 2 is 1.95 bits per heavy atom. The molecular formula is C15H14ClNO2. The van der Waals surface area contributed by atoms with E-state index >= 15 is 0 Å². The van der Waals surface area contributed by atoms with Gasteiger partial charge in [0.2, 0.25) is 0 Å². The molecular weight excluding hydrogens is 262 g/mol. The molecule has 1 aromatic heterocycles. The highest BCUT2D eigenvalue weighted by Crippen LogP contribution is 2.25. The number of aromatic carboxylic acids is 1. The predicted octanol–water partition coefficient (Wildman–Crippen LogP) is 3.97. The zero-order chi connectivity index (χ0) is 14.0. The van der Waals surface area contributed by atoms with E-state index in [-0.39, 0.29) is 5.56 Å². The number of aryl methyl sites for hydroxylation is 2. The van der Waals surface area contributed by atoms with Gasteiger partial charge in [0, 0.05) is 10.6 Å². The SMILES string of the molecule is CCc1nc(-c2ccc(Cl)cc2)c(C)cc1C(=O)O. The van der Waals surface area contributed by atoms with Crippen LogP contribution in [0.1, 0.15) is 28.5 Å². The fourth-order valence-electron chi connectivity index (χ4n) is 2.01. The van der Waals surface area contributed by atoms with Crippen LogP contribution in [-0.2, 0) is 6.42 Å². The van der Waals surface area contributed by atoms with Crippen LogP contribution in [0, 0.1) is 6.92 Å². The Hall–Kier alpha value is -1.87. The summed E-state index contributed by atoms with van der Waals surface area (Å²) in [4.78, 5) is 15.7. The summed E-state index contributed by atoms with van der Waals surface area (Å²) in [7, 11) is 0. The summed E-state index contributed by atoms with van der Waals surface area (Å²) in [6.45, 7) is 3.76. The summed E-state index contributed by atoms with van der Waals surface area (Å²) in [5.41, 5.74) is 3.46. The second kappa shape index (κ2) is 5.41. The Morgan fingerprint density at radius 3 is 2.47 bits per heavy atom. The van der Waals surface area contributed by atoms with E-state index in [1.165, 1.54) is 0 Å². The van der Waals surface area contributed by atoms with Crippen molar-refractivity contribution in [3.05, 3.63) is 52.2 Å². The van der Waals surface area contributed by atoms with Gasteiger partial charge in [0.1, 0.15) is 0 Å². The van der Waals surface area contributed by atoms with Crippen LogP contribution in [0.4, 0.5) is 0 Å². The van der Waals surface area contributed by atoms with Crippen LogP contribution < -0.4 is 0 Å². The zero-order valence-electron chi connectivity index (χ0n) is 10.8. The lowest BCUT2D eigenvalue weighted by atomic mass is 10.0. The van der Waals surface area contributed by atoms with E-state index in [1.807, 2.05) is 26.0 Å². The molecule has 19 heavy (non-hydrogen) atoms. The maximum atomic E-state index is 11.2. The molecule has 1 N–H and O–H groups in total. The van der Waals surface area contributed by atoms with Gasteiger partial charge in [0.05, 0.1) is 17.0 Å². The Morgan fingerprint density at radius 1 is 1.32 bits per heavy atom. The molecule has 98 valence electrons. The van der Waals surface area contributed by atoms with Crippen molar-refractivity contribution in [1.29, 1.82) is 0 Å². The van der Waals surface area contributed by atoms with Crippen molar-refractivity contribution in [3.63, 3.8) is 0 Å². The number of rotatable bonds is 3. The minimum absolute atomic E-state index is 0.276. The van der Waals surface area contributed by atoms with E-state index in [0.717, 1.165) is 16.8 Å². The smallest absolute Gasteiger partial charge is 0.337 e. The van der Waals surface area contributed by atoms with Gasteiger partial charge < -0.3 is 5.11 Å². The average molecular weight is 276 g/mol. The van der Waals surface area contributed by atoms with Gasteiger partial charge in [0.25, 0.3) is 0 Å². The lowest BCUT2D eigenvalue weighted by Gasteiger charge is -2.10. The summed E-state index contributed by atoms with van der Waals surface area (Å²) >= 11 is 5.87. The first kappa shape index (κ1) is 13.6. The van der Waals surface area contributed by atoms with Gasteiger partial charge in [-0.15, -0.1) is 0 Å². The Balaban J connectivity index is 2.58. The van der Waals surface area contributed by atoms with E-state index in [0.29, 0.717) is 17.1 Å². The van der Waals surface area contributed by atoms with Crippen LogP contribution in [0.2, 0.25) is 5.02 Å². The van der Waals surface area contributed by atoms with Crippen LogP contribution >= 0.6 is 11.6 Å². The third-order valence-corrected chi connectivity index (χ3v) is 3.23. The molecule has 0 saturated heterocycles.